The molecule has 2 aliphatic carbocycles. The highest BCUT2D eigenvalue weighted by molar-refractivity contribution is 7.87. The standard InChI is InChI=1S/C13H17F3O3S/c1-8-3-5-10-9(2)4-6-12(11(10)7-8)19-20(17,18)13(14,15)16/h8H,3-7H2,1-2H3. The first-order valence-corrected chi connectivity index (χ1v) is 7.94. The monoisotopic (exact) mass is 310 g/mol. The van der Waals surface area contributed by atoms with Gasteiger partial charge < -0.3 is 4.18 Å². The molecule has 0 heterocycles. The minimum absolute atomic E-state index is 0.0190. The van der Waals surface area contributed by atoms with Crippen molar-refractivity contribution in [1.29, 1.82) is 0 Å². The number of hydrogen-bond donors (Lipinski definition) is 0. The molecule has 0 spiro atoms. The van der Waals surface area contributed by atoms with Crippen LogP contribution in [0.3, 0.4) is 0 Å². The first-order valence-electron chi connectivity index (χ1n) is 6.53. The molecule has 20 heavy (non-hydrogen) atoms. The van der Waals surface area contributed by atoms with Gasteiger partial charge in [-0.1, -0.05) is 12.5 Å². The van der Waals surface area contributed by atoms with Crippen molar-refractivity contribution in [1.82, 2.24) is 0 Å². The van der Waals surface area contributed by atoms with Gasteiger partial charge in [0.1, 0.15) is 5.76 Å². The van der Waals surface area contributed by atoms with Gasteiger partial charge >= 0.3 is 15.6 Å². The van der Waals surface area contributed by atoms with Gasteiger partial charge in [0.05, 0.1) is 0 Å². The number of halogens is 3. The van der Waals surface area contributed by atoms with Crippen molar-refractivity contribution in [3.63, 3.8) is 0 Å². The second-order valence-corrected chi connectivity index (χ2v) is 7.03. The summed E-state index contributed by atoms with van der Waals surface area (Å²) in [5.41, 5.74) is -2.59. The summed E-state index contributed by atoms with van der Waals surface area (Å²) in [5, 5.41) is 0. The van der Waals surface area contributed by atoms with Crippen molar-refractivity contribution in [3.8, 4) is 0 Å². The zero-order chi connectivity index (χ0) is 15.1. The fourth-order valence-corrected chi connectivity index (χ4v) is 3.29. The van der Waals surface area contributed by atoms with Crippen LogP contribution >= 0.6 is 0 Å². The molecule has 1 atom stereocenters. The van der Waals surface area contributed by atoms with Crippen LogP contribution in [-0.4, -0.2) is 13.9 Å². The molecule has 114 valence electrons. The Morgan fingerprint density at radius 2 is 1.80 bits per heavy atom. The molecule has 0 aromatic rings. The van der Waals surface area contributed by atoms with Gasteiger partial charge in [-0.2, -0.15) is 21.6 Å². The molecule has 0 radical (unpaired) electrons. The summed E-state index contributed by atoms with van der Waals surface area (Å²) in [7, 11) is -5.56. The molecule has 7 heteroatoms. The van der Waals surface area contributed by atoms with Crippen molar-refractivity contribution >= 4 is 10.1 Å². The van der Waals surface area contributed by atoms with Crippen molar-refractivity contribution in [2.24, 2.45) is 5.92 Å². The second kappa shape index (κ2) is 5.09. The van der Waals surface area contributed by atoms with E-state index in [1.807, 2.05) is 13.8 Å². The fraction of sp³-hybridized carbons (Fsp3) is 0.692. The third-order valence-electron chi connectivity index (χ3n) is 3.88. The maximum atomic E-state index is 12.4. The molecule has 1 fully saturated rings. The topological polar surface area (TPSA) is 43.4 Å². The lowest BCUT2D eigenvalue weighted by Gasteiger charge is -2.31. The Balaban J connectivity index is 2.37. The molecule has 0 aromatic carbocycles. The largest absolute Gasteiger partial charge is 0.534 e. The molecule has 0 aromatic heterocycles. The van der Waals surface area contributed by atoms with Gasteiger partial charge in [0.15, 0.2) is 0 Å². The molecular formula is C13H17F3O3S. The van der Waals surface area contributed by atoms with E-state index in [-0.39, 0.29) is 12.2 Å². The smallest absolute Gasteiger partial charge is 0.380 e. The molecule has 1 unspecified atom stereocenters. The molecule has 2 aliphatic rings. The van der Waals surface area contributed by atoms with Gasteiger partial charge in [-0.25, -0.2) is 0 Å². The Kier molecular flexibility index (Phi) is 3.92. The molecule has 0 saturated heterocycles. The number of alkyl halides is 3. The number of rotatable bonds is 2. The first-order chi connectivity index (χ1) is 9.12. The summed E-state index contributed by atoms with van der Waals surface area (Å²) < 4.78 is 64.0. The van der Waals surface area contributed by atoms with E-state index in [0.717, 1.165) is 24.0 Å². The zero-order valence-corrected chi connectivity index (χ0v) is 12.2. The summed E-state index contributed by atoms with van der Waals surface area (Å²) in [4.78, 5) is 0. The average molecular weight is 310 g/mol. The Hall–Kier alpha value is -0.980. The van der Waals surface area contributed by atoms with E-state index in [0.29, 0.717) is 24.3 Å². The number of fused-ring (bicyclic) bond motifs is 1. The first kappa shape index (κ1) is 15.4. The van der Waals surface area contributed by atoms with Crippen LogP contribution in [0.5, 0.6) is 0 Å². The van der Waals surface area contributed by atoms with Crippen LogP contribution in [-0.2, 0) is 14.3 Å². The van der Waals surface area contributed by atoms with E-state index in [4.69, 9.17) is 0 Å². The highest BCUT2D eigenvalue weighted by Crippen LogP contribution is 2.43. The maximum Gasteiger partial charge on any atom is 0.534 e. The van der Waals surface area contributed by atoms with Crippen LogP contribution < -0.4 is 0 Å². The number of hydrogen-bond acceptors (Lipinski definition) is 3. The maximum absolute atomic E-state index is 12.4. The Bertz CT molecular complexity index is 570. The van der Waals surface area contributed by atoms with Crippen LogP contribution in [0.25, 0.3) is 0 Å². The predicted octanol–water partition coefficient (Wildman–Crippen LogP) is 4.04. The summed E-state index contributed by atoms with van der Waals surface area (Å²) in [6, 6.07) is 0. The lowest BCUT2D eigenvalue weighted by Crippen LogP contribution is -2.27. The lowest BCUT2D eigenvalue weighted by molar-refractivity contribution is -0.0524. The van der Waals surface area contributed by atoms with Gasteiger partial charge in [-0.15, -0.1) is 0 Å². The minimum Gasteiger partial charge on any atom is -0.380 e. The zero-order valence-electron chi connectivity index (χ0n) is 11.4. The fourth-order valence-electron chi connectivity index (χ4n) is 2.74. The van der Waals surface area contributed by atoms with Gasteiger partial charge in [-0.3, -0.25) is 0 Å². The highest BCUT2D eigenvalue weighted by atomic mass is 32.2. The van der Waals surface area contributed by atoms with Crippen LogP contribution in [0.2, 0.25) is 0 Å². The normalized spacial score (nSPS) is 24.8. The molecule has 3 nitrogen and oxygen atoms in total. The van der Waals surface area contributed by atoms with Crippen molar-refractivity contribution in [3.05, 3.63) is 22.5 Å². The Morgan fingerprint density at radius 3 is 2.40 bits per heavy atom. The van der Waals surface area contributed by atoms with Gasteiger partial charge in [0.25, 0.3) is 0 Å². The third-order valence-corrected chi connectivity index (χ3v) is 4.86. The van der Waals surface area contributed by atoms with Gasteiger partial charge in [0, 0.05) is 6.42 Å². The van der Waals surface area contributed by atoms with Gasteiger partial charge in [-0.05, 0) is 49.7 Å². The summed E-state index contributed by atoms with van der Waals surface area (Å²) in [6.07, 6.45) is 3.09. The third kappa shape index (κ3) is 2.87. The van der Waals surface area contributed by atoms with Crippen LogP contribution in [0, 0.1) is 5.92 Å². The lowest BCUT2D eigenvalue weighted by atomic mass is 9.77. The van der Waals surface area contributed by atoms with Crippen molar-refractivity contribution in [2.45, 2.75) is 51.5 Å². The SMILES string of the molecule is CC1=C2CCC(C)CC2=C(OS(=O)(=O)C(F)(F)F)CC1. The molecule has 0 aliphatic heterocycles. The van der Waals surface area contributed by atoms with Crippen LogP contribution in [0.15, 0.2) is 22.5 Å². The average Bonchev–Trinajstić information content (AvgIpc) is 2.31. The summed E-state index contributed by atoms with van der Waals surface area (Å²) in [5.74, 6) is 0.307. The molecule has 0 bridgehead atoms. The molecule has 2 rings (SSSR count). The van der Waals surface area contributed by atoms with Crippen molar-refractivity contribution < 1.29 is 25.8 Å². The summed E-state index contributed by atoms with van der Waals surface area (Å²) >= 11 is 0. The summed E-state index contributed by atoms with van der Waals surface area (Å²) in [6.45, 7) is 3.95. The Labute approximate surface area is 116 Å². The van der Waals surface area contributed by atoms with E-state index in [1.54, 1.807) is 0 Å². The van der Waals surface area contributed by atoms with E-state index in [1.165, 1.54) is 0 Å². The number of allylic oxidation sites excluding steroid dienone is 4. The molecule has 1 saturated carbocycles. The van der Waals surface area contributed by atoms with E-state index < -0.39 is 15.6 Å². The van der Waals surface area contributed by atoms with Crippen LogP contribution in [0.1, 0.15) is 46.0 Å². The van der Waals surface area contributed by atoms with Gasteiger partial charge in [0.2, 0.25) is 0 Å². The van der Waals surface area contributed by atoms with E-state index in [2.05, 4.69) is 4.18 Å². The van der Waals surface area contributed by atoms with E-state index >= 15 is 0 Å². The molecular weight excluding hydrogens is 293 g/mol. The highest BCUT2D eigenvalue weighted by Gasteiger charge is 2.49. The quantitative estimate of drug-likeness (QED) is 0.571. The molecule has 0 amide bonds. The minimum atomic E-state index is -5.56. The van der Waals surface area contributed by atoms with E-state index in [9.17, 15) is 21.6 Å². The van der Waals surface area contributed by atoms with Crippen molar-refractivity contribution in [2.75, 3.05) is 0 Å². The Morgan fingerprint density at radius 1 is 1.15 bits per heavy atom. The second-order valence-electron chi connectivity index (χ2n) is 5.49. The van der Waals surface area contributed by atoms with Crippen LogP contribution in [0.4, 0.5) is 13.2 Å². The molecule has 0 N–H and O–H groups in total. The predicted molar refractivity (Wildman–Crippen MR) is 68.0 cm³/mol.